The zero-order chi connectivity index (χ0) is 17.9. The van der Waals surface area contributed by atoms with E-state index in [2.05, 4.69) is 15.0 Å². The first-order chi connectivity index (χ1) is 12.2. The van der Waals surface area contributed by atoms with Crippen molar-refractivity contribution in [1.82, 2.24) is 10.3 Å². The predicted molar refractivity (Wildman–Crippen MR) is 93.9 cm³/mol. The SMILES string of the molecule is COC(=O)COc1ccc(C=CC(=O)NCCc2ccncc2)cc1. The average Bonchev–Trinajstić information content (AvgIpc) is 2.66. The summed E-state index contributed by atoms with van der Waals surface area (Å²) in [5, 5.41) is 2.83. The minimum Gasteiger partial charge on any atom is -0.482 e. The molecule has 130 valence electrons. The van der Waals surface area contributed by atoms with Gasteiger partial charge in [0.1, 0.15) is 5.75 Å². The van der Waals surface area contributed by atoms with E-state index in [0.29, 0.717) is 12.3 Å². The smallest absolute Gasteiger partial charge is 0.343 e. The molecular formula is C19H20N2O4. The number of aromatic nitrogens is 1. The number of methoxy groups -OCH3 is 1. The van der Waals surface area contributed by atoms with Gasteiger partial charge in [-0.25, -0.2) is 4.79 Å². The number of amides is 1. The Balaban J connectivity index is 1.74. The lowest BCUT2D eigenvalue weighted by atomic mass is 10.2. The van der Waals surface area contributed by atoms with Gasteiger partial charge in [0.2, 0.25) is 5.91 Å². The summed E-state index contributed by atoms with van der Waals surface area (Å²) in [6.07, 6.45) is 7.42. The van der Waals surface area contributed by atoms with Crippen LogP contribution in [-0.2, 0) is 20.7 Å². The molecule has 1 N–H and O–H groups in total. The van der Waals surface area contributed by atoms with Gasteiger partial charge in [-0.1, -0.05) is 12.1 Å². The zero-order valence-electron chi connectivity index (χ0n) is 14.0. The van der Waals surface area contributed by atoms with Crippen molar-refractivity contribution in [1.29, 1.82) is 0 Å². The van der Waals surface area contributed by atoms with Crippen molar-refractivity contribution in [3.05, 3.63) is 66.0 Å². The molecule has 1 aromatic carbocycles. The fourth-order valence-electron chi connectivity index (χ4n) is 1.99. The summed E-state index contributed by atoms with van der Waals surface area (Å²) in [5.74, 6) is -0.0307. The van der Waals surface area contributed by atoms with E-state index >= 15 is 0 Å². The lowest BCUT2D eigenvalue weighted by Gasteiger charge is -2.04. The Kier molecular flexibility index (Phi) is 7.18. The van der Waals surface area contributed by atoms with E-state index in [1.807, 2.05) is 12.1 Å². The van der Waals surface area contributed by atoms with Crippen LogP contribution in [0.4, 0.5) is 0 Å². The Labute approximate surface area is 146 Å². The molecule has 0 aliphatic carbocycles. The molecule has 1 aromatic heterocycles. The summed E-state index contributed by atoms with van der Waals surface area (Å²) in [5.41, 5.74) is 1.98. The number of nitrogens with one attached hydrogen (secondary N) is 1. The highest BCUT2D eigenvalue weighted by molar-refractivity contribution is 5.91. The molecule has 0 spiro atoms. The molecule has 25 heavy (non-hydrogen) atoms. The van der Waals surface area contributed by atoms with Gasteiger partial charge in [0, 0.05) is 25.0 Å². The average molecular weight is 340 g/mol. The van der Waals surface area contributed by atoms with Crippen molar-refractivity contribution in [2.24, 2.45) is 0 Å². The number of hydrogen-bond acceptors (Lipinski definition) is 5. The maximum atomic E-state index is 11.8. The molecule has 0 unspecified atom stereocenters. The van der Waals surface area contributed by atoms with E-state index in [-0.39, 0.29) is 12.5 Å². The van der Waals surface area contributed by atoms with Crippen molar-refractivity contribution in [3.63, 3.8) is 0 Å². The number of carbonyl (C=O) groups is 2. The zero-order valence-corrected chi connectivity index (χ0v) is 14.0. The topological polar surface area (TPSA) is 77.5 Å². The first-order valence-electron chi connectivity index (χ1n) is 7.82. The molecule has 1 heterocycles. The maximum Gasteiger partial charge on any atom is 0.343 e. The number of rotatable bonds is 8. The second-order valence-electron chi connectivity index (χ2n) is 5.16. The third-order valence-electron chi connectivity index (χ3n) is 3.35. The van der Waals surface area contributed by atoms with E-state index < -0.39 is 5.97 Å². The summed E-state index contributed by atoms with van der Waals surface area (Å²) in [6.45, 7) is 0.430. The summed E-state index contributed by atoms with van der Waals surface area (Å²) in [4.78, 5) is 26.8. The molecule has 0 fully saturated rings. The Bertz CT molecular complexity index is 712. The van der Waals surface area contributed by atoms with Gasteiger partial charge < -0.3 is 14.8 Å². The lowest BCUT2D eigenvalue weighted by molar-refractivity contribution is -0.142. The molecule has 0 saturated heterocycles. The Morgan fingerprint density at radius 3 is 2.52 bits per heavy atom. The van der Waals surface area contributed by atoms with Gasteiger partial charge >= 0.3 is 5.97 Å². The molecule has 0 aliphatic heterocycles. The lowest BCUT2D eigenvalue weighted by Crippen LogP contribution is -2.23. The Morgan fingerprint density at radius 1 is 1.12 bits per heavy atom. The van der Waals surface area contributed by atoms with Crippen LogP contribution in [-0.4, -0.2) is 37.1 Å². The summed E-state index contributed by atoms with van der Waals surface area (Å²) < 4.78 is 9.75. The molecule has 0 radical (unpaired) electrons. The molecule has 0 bridgehead atoms. The highest BCUT2D eigenvalue weighted by Crippen LogP contribution is 2.13. The molecule has 0 aliphatic rings. The fourth-order valence-corrected chi connectivity index (χ4v) is 1.99. The van der Waals surface area contributed by atoms with Crippen LogP contribution in [0, 0.1) is 0 Å². The van der Waals surface area contributed by atoms with Crippen LogP contribution < -0.4 is 10.1 Å². The third kappa shape index (κ3) is 6.87. The van der Waals surface area contributed by atoms with Crippen molar-refractivity contribution in [2.75, 3.05) is 20.3 Å². The van der Waals surface area contributed by atoms with E-state index in [1.54, 1.807) is 42.7 Å². The van der Waals surface area contributed by atoms with Gasteiger partial charge in [-0.05, 0) is 47.9 Å². The van der Waals surface area contributed by atoms with Crippen molar-refractivity contribution >= 4 is 18.0 Å². The number of nitrogens with zero attached hydrogens (tertiary/aromatic N) is 1. The molecule has 0 atom stereocenters. The highest BCUT2D eigenvalue weighted by atomic mass is 16.6. The summed E-state index contributed by atoms with van der Waals surface area (Å²) in [7, 11) is 1.31. The van der Waals surface area contributed by atoms with Crippen molar-refractivity contribution in [2.45, 2.75) is 6.42 Å². The van der Waals surface area contributed by atoms with Gasteiger partial charge in [0.05, 0.1) is 7.11 Å². The van der Waals surface area contributed by atoms with Gasteiger partial charge in [0.15, 0.2) is 6.61 Å². The molecule has 6 nitrogen and oxygen atoms in total. The monoisotopic (exact) mass is 340 g/mol. The third-order valence-corrected chi connectivity index (χ3v) is 3.35. The van der Waals surface area contributed by atoms with Crippen LogP contribution in [0.5, 0.6) is 5.75 Å². The predicted octanol–water partition coefficient (Wildman–Crippen LogP) is 2.01. The number of carbonyl (C=O) groups excluding carboxylic acids is 2. The summed E-state index contributed by atoms with van der Waals surface area (Å²) in [6, 6.07) is 10.9. The standard InChI is InChI=1S/C19H20N2O4/c1-24-19(23)14-25-17-5-2-15(3-6-17)4-7-18(22)21-13-10-16-8-11-20-12-9-16/h2-9,11-12H,10,13-14H2,1H3,(H,21,22). The molecule has 2 aromatic rings. The van der Waals surface area contributed by atoms with Crippen LogP contribution in [0.3, 0.4) is 0 Å². The number of ether oxygens (including phenoxy) is 2. The number of esters is 1. The van der Waals surface area contributed by atoms with Crippen molar-refractivity contribution in [3.8, 4) is 5.75 Å². The Morgan fingerprint density at radius 2 is 1.84 bits per heavy atom. The minimum absolute atomic E-state index is 0.133. The molecule has 0 saturated carbocycles. The molecule has 2 rings (SSSR count). The second kappa shape index (κ2) is 9.87. The fraction of sp³-hybridized carbons (Fsp3) is 0.211. The highest BCUT2D eigenvalue weighted by Gasteiger charge is 2.01. The van der Waals surface area contributed by atoms with Gasteiger partial charge in [-0.15, -0.1) is 0 Å². The minimum atomic E-state index is -0.438. The quantitative estimate of drug-likeness (QED) is 0.587. The van der Waals surface area contributed by atoms with E-state index in [4.69, 9.17) is 4.74 Å². The van der Waals surface area contributed by atoms with Gasteiger partial charge in [-0.3, -0.25) is 9.78 Å². The van der Waals surface area contributed by atoms with E-state index in [0.717, 1.165) is 17.5 Å². The van der Waals surface area contributed by atoms with Crippen LogP contribution in [0.2, 0.25) is 0 Å². The largest absolute Gasteiger partial charge is 0.482 e. The van der Waals surface area contributed by atoms with Crippen LogP contribution in [0.1, 0.15) is 11.1 Å². The number of hydrogen-bond donors (Lipinski definition) is 1. The Hall–Kier alpha value is -3.15. The molecular weight excluding hydrogens is 320 g/mol. The first kappa shape index (κ1) is 18.2. The van der Waals surface area contributed by atoms with E-state index in [9.17, 15) is 9.59 Å². The molecule has 6 heteroatoms. The van der Waals surface area contributed by atoms with Crippen LogP contribution in [0.25, 0.3) is 6.08 Å². The van der Waals surface area contributed by atoms with E-state index in [1.165, 1.54) is 13.2 Å². The van der Waals surface area contributed by atoms with Crippen molar-refractivity contribution < 1.29 is 19.1 Å². The second-order valence-corrected chi connectivity index (χ2v) is 5.16. The van der Waals surface area contributed by atoms with Gasteiger partial charge in [0.25, 0.3) is 0 Å². The maximum absolute atomic E-state index is 11.8. The van der Waals surface area contributed by atoms with Gasteiger partial charge in [-0.2, -0.15) is 0 Å². The van der Waals surface area contributed by atoms with Crippen LogP contribution in [0.15, 0.2) is 54.9 Å². The first-order valence-corrected chi connectivity index (χ1v) is 7.82. The van der Waals surface area contributed by atoms with Crippen LogP contribution >= 0.6 is 0 Å². The summed E-state index contributed by atoms with van der Waals surface area (Å²) >= 11 is 0. The normalized spacial score (nSPS) is 10.4. The molecule has 1 amide bonds. The number of pyridine rings is 1. The number of benzene rings is 1.